The van der Waals surface area contributed by atoms with Gasteiger partial charge in [-0.15, -0.1) is 0 Å². The van der Waals surface area contributed by atoms with Crippen molar-refractivity contribution in [1.82, 2.24) is 10.1 Å². The van der Waals surface area contributed by atoms with Gasteiger partial charge in [0.1, 0.15) is 23.3 Å². The summed E-state index contributed by atoms with van der Waals surface area (Å²) in [7, 11) is 0. The van der Waals surface area contributed by atoms with Crippen molar-refractivity contribution in [3.8, 4) is 11.6 Å². The number of hydrogen-bond donors (Lipinski definition) is 0. The van der Waals surface area contributed by atoms with Crippen LogP contribution in [0.1, 0.15) is 45.6 Å². The van der Waals surface area contributed by atoms with Crippen LogP contribution in [-0.2, 0) is 11.3 Å². The Balaban J connectivity index is 1.29. The number of benzene rings is 2. The lowest BCUT2D eigenvalue weighted by molar-refractivity contribution is 0.0177. The van der Waals surface area contributed by atoms with Gasteiger partial charge in [0.15, 0.2) is 5.58 Å². The van der Waals surface area contributed by atoms with Gasteiger partial charge in [0.05, 0.1) is 6.61 Å². The van der Waals surface area contributed by atoms with E-state index in [0.717, 1.165) is 30.2 Å². The van der Waals surface area contributed by atoms with E-state index in [-0.39, 0.29) is 6.09 Å². The fourth-order valence-electron chi connectivity index (χ4n) is 3.94. The molecule has 1 amide bonds. The first-order valence-corrected chi connectivity index (χ1v) is 11.5. The molecule has 33 heavy (non-hydrogen) atoms. The molecule has 7 nitrogen and oxygen atoms in total. The zero-order valence-electron chi connectivity index (χ0n) is 19.6. The van der Waals surface area contributed by atoms with E-state index in [4.69, 9.17) is 18.7 Å². The van der Waals surface area contributed by atoms with Crippen LogP contribution in [0.4, 0.5) is 4.79 Å². The molecular weight excluding hydrogens is 420 g/mol. The topological polar surface area (TPSA) is 74.0 Å². The van der Waals surface area contributed by atoms with E-state index in [2.05, 4.69) is 5.16 Å². The second kappa shape index (κ2) is 10.1. The second-order valence-electron chi connectivity index (χ2n) is 9.44. The van der Waals surface area contributed by atoms with E-state index in [1.807, 2.05) is 69.3 Å². The van der Waals surface area contributed by atoms with Crippen LogP contribution in [0.25, 0.3) is 11.0 Å². The maximum Gasteiger partial charge on any atom is 0.410 e. The van der Waals surface area contributed by atoms with Gasteiger partial charge in [0, 0.05) is 13.1 Å². The molecule has 4 rings (SSSR count). The van der Waals surface area contributed by atoms with Gasteiger partial charge < -0.3 is 23.6 Å². The van der Waals surface area contributed by atoms with Crippen molar-refractivity contribution in [2.75, 3.05) is 19.7 Å². The fraction of sp³-hybridized carbons (Fsp3) is 0.462. The van der Waals surface area contributed by atoms with Crippen LogP contribution in [0, 0.1) is 5.92 Å². The third-order valence-corrected chi connectivity index (χ3v) is 5.70. The van der Waals surface area contributed by atoms with Gasteiger partial charge in [-0.05, 0) is 68.8 Å². The van der Waals surface area contributed by atoms with Crippen molar-refractivity contribution in [1.29, 1.82) is 0 Å². The first-order chi connectivity index (χ1) is 15.9. The standard InChI is InChI=1S/C26H32N2O5/c1-26(2,3)32-25(29)28-15-12-19(13-16-28)14-17-30-24-23-21(10-7-11-22(23)33-27-24)31-18-20-8-5-4-6-9-20/h4-11,19H,12-18H2,1-3H3. The van der Waals surface area contributed by atoms with Crippen LogP contribution in [0.5, 0.6) is 11.6 Å². The van der Waals surface area contributed by atoms with Crippen LogP contribution < -0.4 is 9.47 Å². The minimum Gasteiger partial charge on any atom is -0.488 e. The Morgan fingerprint density at radius 1 is 1.06 bits per heavy atom. The number of likely N-dealkylation sites (tertiary alicyclic amines) is 1. The highest BCUT2D eigenvalue weighted by Gasteiger charge is 2.27. The van der Waals surface area contributed by atoms with Crippen LogP contribution in [0.15, 0.2) is 53.1 Å². The summed E-state index contributed by atoms with van der Waals surface area (Å²) < 4.78 is 23.0. The predicted molar refractivity (Wildman–Crippen MR) is 125 cm³/mol. The number of piperidine rings is 1. The summed E-state index contributed by atoms with van der Waals surface area (Å²) >= 11 is 0. The quantitative estimate of drug-likeness (QED) is 0.449. The number of nitrogens with zero attached hydrogens (tertiary/aromatic N) is 2. The number of rotatable bonds is 7. The van der Waals surface area contributed by atoms with Gasteiger partial charge in [-0.25, -0.2) is 4.79 Å². The Morgan fingerprint density at radius 2 is 1.82 bits per heavy atom. The number of aromatic nitrogens is 1. The molecule has 1 aliphatic heterocycles. The van der Waals surface area contributed by atoms with E-state index in [1.165, 1.54) is 0 Å². The van der Waals surface area contributed by atoms with Gasteiger partial charge >= 0.3 is 6.09 Å². The Kier molecular flexibility index (Phi) is 7.06. The molecule has 0 unspecified atom stereocenters. The Morgan fingerprint density at radius 3 is 2.55 bits per heavy atom. The summed E-state index contributed by atoms with van der Waals surface area (Å²) in [5, 5.41) is 4.87. The van der Waals surface area contributed by atoms with Gasteiger partial charge in [0.2, 0.25) is 0 Å². The zero-order chi connectivity index (χ0) is 23.3. The molecule has 1 saturated heterocycles. The molecule has 1 aromatic heterocycles. The lowest BCUT2D eigenvalue weighted by Gasteiger charge is -2.33. The summed E-state index contributed by atoms with van der Waals surface area (Å²) in [6.45, 7) is 8.09. The monoisotopic (exact) mass is 452 g/mol. The van der Waals surface area contributed by atoms with Gasteiger partial charge in [-0.2, -0.15) is 0 Å². The van der Waals surface area contributed by atoms with Crippen LogP contribution in [0.3, 0.4) is 0 Å². The molecule has 0 bridgehead atoms. The first kappa shape index (κ1) is 23.0. The number of fused-ring (bicyclic) bond motifs is 1. The molecule has 0 aliphatic carbocycles. The highest BCUT2D eigenvalue weighted by Crippen LogP contribution is 2.34. The summed E-state index contributed by atoms with van der Waals surface area (Å²) in [6.07, 6.45) is 2.54. The maximum atomic E-state index is 12.2. The number of carbonyl (C=O) groups excluding carboxylic acids is 1. The molecule has 2 heterocycles. The highest BCUT2D eigenvalue weighted by molar-refractivity contribution is 5.88. The van der Waals surface area contributed by atoms with E-state index >= 15 is 0 Å². The molecule has 3 aromatic rings. The SMILES string of the molecule is CC(C)(C)OC(=O)N1CCC(CCOc2noc3cccc(OCc4ccccc4)c23)CC1. The molecule has 0 spiro atoms. The Labute approximate surface area is 194 Å². The molecule has 0 radical (unpaired) electrons. The highest BCUT2D eigenvalue weighted by atomic mass is 16.6. The summed E-state index contributed by atoms with van der Waals surface area (Å²) in [6, 6.07) is 15.7. The van der Waals surface area contributed by atoms with Gasteiger partial charge in [-0.1, -0.05) is 36.4 Å². The van der Waals surface area contributed by atoms with Gasteiger partial charge in [-0.3, -0.25) is 0 Å². The van der Waals surface area contributed by atoms with Crippen molar-refractivity contribution in [3.63, 3.8) is 0 Å². The summed E-state index contributed by atoms with van der Waals surface area (Å²) in [5.41, 5.74) is 1.26. The predicted octanol–water partition coefficient (Wildman–Crippen LogP) is 5.82. The number of amides is 1. The van der Waals surface area contributed by atoms with Crippen molar-refractivity contribution in [2.24, 2.45) is 5.92 Å². The molecule has 176 valence electrons. The molecular formula is C26H32N2O5. The molecule has 2 aromatic carbocycles. The van der Waals surface area contributed by atoms with Crippen LogP contribution in [0.2, 0.25) is 0 Å². The second-order valence-corrected chi connectivity index (χ2v) is 9.44. The molecule has 7 heteroatoms. The van der Waals surface area contributed by atoms with Crippen LogP contribution >= 0.6 is 0 Å². The number of ether oxygens (including phenoxy) is 3. The van der Waals surface area contributed by atoms with Crippen molar-refractivity contribution >= 4 is 17.1 Å². The average molecular weight is 453 g/mol. The summed E-state index contributed by atoms with van der Waals surface area (Å²) in [5.74, 6) is 1.65. The zero-order valence-corrected chi connectivity index (χ0v) is 19.6. The third-order valence-electron chi connectivity index (χ3n) is 5.70. The number of carbonyl (C=O) groups is 1. The van der Waals surface area contributed by atoms with E-state index < -0.39 is 5.60 Å². The van der Waals surface area contributed by atoms with E-state index in [9.17, 15) is 4.79 Å². The Bertz CT molecular complexity index is 1050. The average Bonchev–Trinajstić information content (AvgIpc) is 3.21. The first-order valence-electron chi connectivity index (χ1n) is 11.5. The molecule has 1 aliphatic rings. The van der Waals surface area contributed by atoms with E-state index in [1.54, 1.807) is 4.90 Å². The number of hydrogen-bond acceptors (Lipinski definition) is 6. The van der Waals surface area contributed by atoms with Crippen LogP contribution in [-0.4, -0.2) is 41.4 Å². The normalized spacial score (nSPS) is 14.9. The maximum absolute atomic E-state index is 12.2. The van der Waals surface area contributed by atoms with E-state index in [0.29, 0.717) is 49.4 Å². The Hall–Kier alpha value is -3.22. The molecule has 0 saturated carbocycles. The minimum atomic E-state index is -0.466. The lowest BCUT2D eigenvalue weighted by Crippen LogP contribution is -2.41. The van der Waals surface area contributed by atoms with Crippen molar-refractivity contribution < 1.29 is 23.5 Å². The molecule has 1 fully saturated rings. The third kappa shape index (κ3) is 6.18. The minimum absolute atomic E-state index is 0.228. The van der Waals surface area contributed by atoms with Crippen molar-refractivity contribution in [3.05, 3.63) is 54.1 Å². The fourth-order valence-corrected chi connectivity index (χ4v) is 3.94. The molecule has 0 N–H and O–H groups in total. The van der Waals surface area contributed by atoms with Gasteiger partial charge in [0.25, 0.3) is 5.88 Å². The van der Waals surface area contributed by atoms with Crippen molar-refractivity contribution in [2.45, 2.75) is 52.2 Å². The smallest absolute Gasteiger partial charge is 0.410 e. The largest absolute Gasteiger partial charge is 0.488 e. The summed E-state index contributed by atoms with van der Waals surface area (Å²) in [4.78, 5) is 14.0. The lowest BCUT2D eigenvalue weighted by atomic mass is 9.94. The molecule has 0 atom stereocenters.